The predicted octanol–water partition coefficient (Wildman–Crippen LogP) is 1.85. The van der Waals surface area contributed by atoms with Crippen molar-refractivity contribution in [1.82, 2.24) is 19.7 Å². The van der Waals surface area contributed by atoms with Gasteiger partial charge in [0.1, 0.15) is 11.6 Å². The monoisotopic (exact) mass is 227 g/mol. The highest BCUT2D eigenvalue weighted by atomic mass is 15.3. The standard InChI is InChI=1S/C12H13N5/c1-7-15-10-5-3-4-8(11(10)16-7)9-6-14-17(2)12(9)13/h3-6H,13H2,1-2H3,(H,15,16). The lowest BCUT2D eigenvalue weighted by molar-refractivity contribution is 0.779. The van der Waals surface area contributed by atoms with Crippen LogP contribution in [0.25, 0.3) is 22.2 Å². The molecule has 0 fully saturated rings. The van der Waals surface area contributed by atoms with Crippen molar-refractivity contribution < 1.29 is 0 Å². The molecule has 3 rings (SSSR count). The first kappa shape index (κ1) is 9.89. The fourth-order valence-corrected chi connectivity index (χ4v) is 2.03. The first-order valence-corrected chi connectivity index (χ1v) is 5.40. The molecule has 5 nitrogen and oxygen atoms in total. The highest BCUT2D eigenvalue weighted by molar-refractivity contribution is 5.94. The zero-order valence-corrected chi connectivity index (χ0v) is 9.73. The summed E-state index contributed by atoms with van der Waals surface area (Å²) in [6, 6.07) is 6.00. The van der Waals surface area contributed by atoms with Gasteiger partial charge in [-0.2, -0.15) is 5.10 Å². The Morgan fingerprint density at radius 2 is 2.12 bits per heavy atom. The summed E-state index contributed by atoms with van der Waals surface area (Å²) in [5.41, 5.74) is 9.88. The first-order chi connectivity index (χ1) is 8.16. The Bertz CT molecular complexity index is 692. The average Bonchev–Trinajstić information content (AvgIpc) is 2.82. The van der Waals surface area contributed by atoms with Crippen LogP contribution in [0.4, 0.5) is 5.82 Å². The predicted molar refractivity (Wildman–Crippen MR) is 67.4 cm³/mol. The summed E-state index contributed by atoms with van der Waals surface area (Å²) in [4.78, 5) is 7.71. The summed E-state index contributed by atoms with van der Waals surface area (Å²) in [7, 11) is 1.83. The molecule has 0 atom stereocenters. The van der Waals surface area contributed by atoms with E-state index in [4.69, 9.17) is 5.73 Å². The van der Waals surface area contributed by atoms with Gasteiger partial charge in [-0.1, -0.05) is 12.1 Å². The van der Waals surface area contributed by atoms with E-state index in [2.05, 4.69) is 15.1 Å². The van der Waals surface area contributed by atoms with Crippen molar-refractivity contribution in [3.05, 3.63) is 30.2 Å². The molecule has 0 aliphatic heterocycles. The van der Waals surface area contributed by atoms with E-state index in [0.29, 0.717) is 5.82 Å². The number of hydrogen-bond acceptors (Lipinski definition) is 3. The number of fused-ring (bicyclic) bond motifs is 1. The van der Waals surface area contributed by atoms with Crippen LogP contribution in [0.2, 0.25) is 0 Å². The Morgan fingerprint density at radius 3 is 2.82 bits per heavy atom. The number of nitrogens with zero attached hydrogens (tertiary/aromatic N) is 3. The van der Waals surface area contributed by atoms with E-state index < -0.39 is 0 Å². The van der Waals surface area contributed by atoms with Crippen LogP contribution in [0.5, 0.6) is 0 Å². The summed E-state index contributed by atoms with van der Waals surface area (Å²) in [6.07, 6.45) is 1.77. The molecule has 3 aromatic rings. The number of para-hydroxylation sites is 1. The molecule has 0 saturated heterocycles. The largest absolute Gasteiger partial charge is 0.383 e. The fraction of sp³-hybridized carbons (Fsp3) is 0.167. The second-order valence-electron chi connectivity index (χ2n) is 4.09. The maximum atomic E-state index is 5.99. The number of nitrogens with one attached hydrogen (secondary N) is 1. The summed E-state index contributed by atoms with van der Waals surface area (Å²) in [6.45, 7) is 1.94. The highest BCUT2D eigenvalue weighted by Crippen LogP contribution is 2.30. The Labute approximate surface area is 98.3 Å². The van der Waals surface area contributed by atoms with E-state index >= 15 is 0 Å². The van der Waals surface area contributed by atoms with Crippen molar-refractivity contribution in [3.8, 4) is 11.1 Å². The van der Waals surface area contributed by atoms with Crippen LogP contribution in [0.15, 0.2) is 24.4 Å². The van der Waals surface area contributed by atoms with Gasteiger partial charge in [0, 0.05) is 18.2 Å². The molecule has 2 aromatic heterocycles. The van der Waals surface area contributed by atoms with Gasteiger partial charge in [0.2, 0.25) is 0 Å². The molecule has 1 aromatic carbocycles. The lowest BCUT2D eigenvalue weighted by Gasteiger charge is -2.01. The molecule has 5 heteroatoms. The molecule has 17 heavy (non-hydrogen) atoms. The van der Waals surface area contributed by atoms with Gasteiger partial charge in [-0.3, -0.25) is 4.68 Å². The van der Waals surface area contributed by atoms with Crippen molar-refractivity contribution in [1.29, 1.82) is 0 Å². The van der Waals surface area contributed by atoms with Gasteiger partial charge in [-0.05, 0) is 13.0 Å². The van der Waals surface area contributed by atoms with Crippen molar-refractivity contribution in [3.63, 3.8) is 0 Å². The van der Waals surface area contributed by atoms with Crippen LogP contribution >= 0.6 is 0 Å². The number of aryl methyl sites for hydroxylation is 2. The van der Waals surface area contributed by atoms with Gasteiger partial charge in [0.25, 0.3) is 0 Å². The van der Waals surface area contributed by atoms with Crippen molar-refractivity contribution in [2.75, 3.05) is 5.73 Å². The maximum Gasteiger partial charge on any atom is 0.129 e. The lowest BCUT2D eigenvalue weighted by Crippen LogP contribution is -1.98. The number of H-pyrrole nitrogens is 1. The summed E-state index contributed by atoms with van der Waals surface area (Å²) < 4.78 is 1.66. The zero-order chi connectivity index (χ0) is 12.0. The Balaban J connectivity index is 2.33. The molecule has 0 radical (unpaired) electrons. The van der Waals surface area contributed by atoms with Crippen LogP contribution in [0.1, 0.15) is 5.82 Å². The molecule has 3 N–H and O–H groups in total. The maximum absolute atomic E-state index is 5.99. The quantitative estimate of drug-likeness (QED) is 0.666. The van der Waals surface area contributed by atoms with Crippen LogP contribution in [-0.4, -0.2) is 19.7 Å². The van der Waals surface area contributed by atoms with Crippen molar-refractivity contribution >= 4 is 16.9 Å². The van der Waals surface area contributed by atoms with Gasteiger partial charge in [0.05, 0.1) is 17.2 Å². The van der Waals surface area contributed by atoms with Crippen molar-refractivity contribution in [2.24, 2.45) is 7.05 Å². The fourth-order valence-electron chi connectivity index (χ4n) is 2.03. The van der Waals surface area contributed by atoms with E-state index in [0.717, 1.165) is 28.0 Å². The first-order valence-electron chi connectivity index (χ1n) is 5.40. The van der Waals surface area contributed by atoms with Gasteiger partial charge in [-0.25, -0.2) is 4.98 Å². The molecular formula is C12H13N5. The zero-order valence-electron chi connectivity index (χ0n) is 9.73. The molecule has 0 aliphatic rings. The van der Waals surface area contributed by atoms with Gasteiger partial charge >= 0.3 is 0 Å². The SMILES string of the molecule is Cc1nc2c(-c3cnn(C)c3N)cccc2[nH]1. The molecule has 0 amide bonds. The normalized spacial score (nSPS) is 11.2. The smallest absolute Gasteiger partial charge is 0.129 e. The number of aromatic amines is 1. The topological polar surface area (TPSA) is 72.5 Å². The minimum atomic E-state index is 0.651. The number of benzene rings is 1. The molecule has 2 heterocycles. The number of aromatic nitrogens is 4. The average molecular weight is 227 g/mol. The highest BCUT2D eigenvalue weighted by Gasteiger charge is 2.12. The number of imidazole rings is 1. The molecular weight excluding hydrogens is 214 g/mol. The van der Waals surface area contributed by atoms with Crippen LogP contribution in [0, 0.1) is 6.92 Å². The number of rotatable bonds is 1. The van der Waals surface area contributed by atoms with Gasteiger partial charge in [0.15, 0.2) is 0 Å². The molecule has 86 valence electrons. The summed E-state index contributed by atoms with van der Waals surface area (Å²) in [5, 5.41) is 4.16. The minimum absolute atomic E-state index is 0.651. The van der Waals surface area contributed by atoms with E-state index in [1.807, 2.05) is 32.2 Å². The van der Waals surface area contributed by atoms with E-state index in [9.17, 15) is 0 Å². The van der Waals surface area contributed by atoms with Gasteiger partial charge < -0.3 is 10.7 Å². The summed E-state index contributed by atoms with van der Waals surface area (Å²) >= 11 is 0. The second kappa shape index (κ2) is 3.35. The molecule has 0 aliphatic carbocycles. The number of hydrogen-bond donors (Lipinski definition) is 2. The molecule has 0 bridgehead atoms. The third kappa shape index (κ3) is 1.39. The second-order valence-corrected chi connectivity index (χ2v) is 4.09. The third-order valence-corrected chi connectivity index (χ3v) is 2.91. The Hall–Kier alpha value is -2.30. The molecule has 0 spiro atoms. The van der Waals surface area contributed by atoms with Gasteiger partial charge in [-0.15, -0.1) is 0 Å². The van der Waals surface area contributed by atoms with E-state index in [-0.39, 0.29) is 0 Å². The number of nitrogen functional groups attached to an aromatic ring is 1. The minimum Gasteiger partial charge on any atom is -0.383 e. The third-order valence-electron chi connectivity index (χ3n) is 2.91. The lowest BCUT2D eigenvalue weighted by atomic mass is 10.1. The Morgan fingerprint density at radius 1 is 1.29 bits per heavy atom. The number of anilines is 1. The number of nitrogens with two attached hydrogens (primary N) is 1. The van der Waals surface area contributed by atoms with Crippen molar-refractivity contribution in [2.45, 2.75) is 6.92 Å². The molecule has 0 unspecified atom stereocenters. The Kier molecular flexibility index (Phi) is 1.95. The van der Waals surface area contributed by atoms with Crippen LogP contribution in [0.3, 0.4) is 0 Å². The molecule has 0 saturated carbocycles. The summed E-state index contributed by atoms with van der Waals surface area (Å²) in [5.74, 6) is 1.55. The van der Waals surface area contributed by atoms with Crippen LogP contribution < -0.4 is 5.73 Å². The van der Waals surface area contributed by atoms with E-state index in [1.165, 1.54) is 0 Å². The van der Waals surface area contributed by atoms with Crippen LogP contribution in [-0.2, 0) is 7.05 Å². The van der Waals surface area contributed by atoms with E-state index in [1.54, 1.807) is 10.9 Å².